The molecule has 0 aliphatic heterocycles. The summed E-state index contributed by atoms with van der Waals surface area (Å²) in [5, 5.41) is 3.03. The Balaban J connectivity index is 1.88. The number of ether oxygens (including phenoxy) is 1. The molecule has 1 N–H and O–H groups in total. The lowest BCUT2D eigenvalue weighted by Gasteiger charge is -2.32. The summed E-state index contributed by atoms with van der Waals surface area (Å²) in [6.07, 6.45) is 3.67. The van der Waals surface area contributed by atoms with Gasteiger partial charge in [-0.1, -0.05) is 74.0 Å². The number of nitrogens with one attached hydrogen (secondary N) is 1. The first kappa shape index (κ1) is 32.7. The van der Waals surface area contributed by atoms with Crippen LogP contribution in [0, 0.1) is 6.92 Å². The first-order chi connectivity index (χ1) is 20.1. The molecule has 0 heterocycles. The molecule has 0 radical (unpaired) electrons. The van der Waals surface area contributed by atoms with Crippen LogP contribution in [0.15, 0.2) is 78.9 Å². The SMILES string of the molecule is CCCCNC(=O)[C@@H](Cc1ccccc1)N(Cc1ccccc1C)C(=O)CCCN(c1cccc(OC)c1)S(C)(=O)=O. The second-order valence-corrected chi connectivity index (χ2v) is 12.3. The van der Waals surface area contributed by atoms with Crippen molar-refractivity contribution in [3.05, 3.63) is 95.6 Å². The Labute approximate surface area is 250 Å². The molecule has 0 saturated heterocycles. The Morgan fingerprint density at radius 3 is 2.33 bits per heavy atom. The molecule has 0 aromatic heterocycles. The number of hydrogen-bond donors (Lipinski definition) is 1. The van der Waals surface area contributed by atoms with Crippen LogP contribution >= 0.6 is 0 Å². The van der Waals surface area contributed by atoms with Gasteiger partial charge in [0.15, 0.2) is 0 Å². The van der Waals surface area contributed by atoms with E-state index in [-0.39, 0.29) is 37.7 Å². The molecule has 42 heavy (non-hydrogen) atoms. The summed E-state index contributed by atoms with van der Waals surface area (Å²) in [4.78, 5) is 29.2. The van der Waals surface area contributed by atoms with Crippen LogP contribution in [0.2, 0.25) is 0 Å². The van der Waals surface area contributed by atoms with E-state index in [1.807, 2.05) is 61.5 Å². The van der Waals surface area contributed by atoms with Crippen molar-refractivity contribution in [3.63, 3.8) is 0 Å². The van der Waals surface area contributed by atoms with Crippen molar-refractivity contribution in [2.75, 3.05) is 30.8 Å². The van der Waals surface area contributed by atoms with Crippen LogP contribution in [0.25, 0.3) is 0 Å². The van der Waals surface area contributed by atoms with Crippen molar-refractivity contribution in [2.45, 2.75) is 58.5 Å². The van der Waals surface area contributed by atoms with Crippen LogP contribution in [-0.2, 0) is 32.6 Å². The van der Waals surface area contributed by atoms with Gasteiger partial charge in [-0.15, -0.1) is 0 Å². The number of rotatable bonds is 16. The van der Waals surface area contributed by atoms with Crippen molar-refractivity contribution >= 4 is 27.5 Å². The van der Waals surface area contributed by atoms with Gasteiger partial charge < -0.3 is 15.0 Å². The van der Waals surface area contributed by atoms with Gasteiger partial charge >= 0.3 is 0 Å². The third-order valence-electron chi connectivity index (χ3n) is 7.20. The zero-order valence-electron chi connectivity index (χ0n) is 25.1. The lowest BCUT2D eigenvalue weighted by Crippen LogP contribution is -2.50. The number of aryl methyl sites for hydroxylation is 1. The number of anilines is 1. The van der Waals surface area contributed by atoms with E-state index in [4.69, 9.17) is 4.74 Å². The van der Waals surface area contributed by atoms with Crippen molar-refractivity contribution in [1.82, 2.24) is 10.2 Å². The van der Waals surface area contributed by atoms with Gasteiger partial charge in [-0.3, -0.25) is 13.9 Å². The summed E-state index contributed by atoms with van der Waals surface area (Å²) >= 11 is 0. The van der Waals surface area contributed by atoms with Crippen molar-refractivity contribution in [2.24, 2.45) is 0 Å². The number of carbonyl (C=O) groups excluding carboxylic acids is 2. The average Bonchev–Trinajstić information content (AvgIpc) is 2.97. The maximum absolute atomic E-state index is 14.0. The first-order valence-corrected chi connectivity index (χ1v) is 16.3. The molecule has 0 saturated carbocycles. The first-order valence-electron chi connectivity index (χ1n) is 14.4. The number of unbranched alkanes of at least 4 members (excludes halogenated alkanes) is 1. The highest BCUT2D eigenvalue weighted by Crippen LogP contribution is 2.24. The predicted octanol–water partition coefficient (Wildman–Crippen LogP) is 5.11. The van der Waals surface area contributed by atoms with E-state index in [0.29, 0.717) is 24.4 Å². The Morgan fingerprint density at radius 2 is 1.67 bits per heavy atom. The van der Waals surface area contributed by atoms with Crippen LogP contribution in [-0.4, -0.2) is 57.6 Å². The summed E-state index contributed by atoms with van der Waals surface area (Å²) < 4.78 is 31.9. The van der Waals surface area contributed by atoms with Gasteiger partial charge in [0.1, 0.15) is 11.8 Å². The zero-order valence-corrected chi connectivity index (χ0v) is 25.9. The Bertz CT molecular complexity index is 1410. The zero-order chi connectivity index (χ0) is 30.5. The minimum absolute atomic E-state index is 0.0788. The lowest BCUT2D eigenvalue weighted by molar-refractivity contribution is -0.141. The van der Waals surface area contributed by atoms with Gasteiger partial charge in [-0.2, -0.15) is 0 Å². The normalized spacial score (nSPS) is 11.9. The van der Waals surface area contributed by atoms with Crippen LogP contribution in [0.1, 0.15) is 49.3 Å². The highest BCUT2D eigenvalue weighted by molar-refractivity contribution is 7.92. The van der Waals surface area contributed by atoms with Crippen molar-refractivity contribution in [1.29, 1.82) is 0 Å². The Morgan fingerprint density at radius 1 is 0.952 bits per heavy atom. The van der Waals surface area contributed by atoms with Crippen LogP contribution in [0.5, 0.6) is 5.75 Å². The fourth-order valence-electron chi connectivity index (χ4n) is 4.80. The average molecular weight is 594 g/mol. The van der Waals surface area contributed by atoms with Gasteiger partial charge in [-0.05, 0) is 48.6 Å². The van der Waals surface area contributed by atoms with Gasteiger partial charge in [0.25, 0.3) is 0 Å². The molecule has 2 amide bonds. The number of hydrogen-bond acceptors (Lipinski definition) is 5. The van der Waals surface area contributed by atoms with Gasteiger partial charge in [0.05, 0.1) is 19.1 Å². The largest absolute Gasteiger partial charge is 0.497 e. The summed E-state index contributed by atoms with van der Waals surface area (Å²) in [6.45, 7) is 4.98. The summed E-state index contributed by atoms with van der Waals surface area (Å²) in [7, 11) is -2.09. The highest BCUT2D eigenvalue weighted by atomic mass is 32.2. The van der Waals surface area contributed by atoms with E-state index < -0.39 is 16.1 Å². The number of carbonyl (C=O) groups is 2. The molecule has 1 atom stereocenters. The molecular weight excluding hydrogens is 550 g/mol. The molecule has 8 nitrogen and oxygen atoms in total. The molecular formula is C33H43N3O5S. The molecule has 0 spiro atoms. The van der Waals surface area contributed by atoms with E-state index >= 15 is 0 Å². The Hall–Kier alpha value is -3.85. The molecule has 0 aliphatic carbocycles. The van der Waals surface area contributed by atoms with E-state index in [2.05, 4.69) is 12.2 Å². The summed E-state index contributed by atoms with van der Waals surface area (Å²) in [5.41, 5.74) is 3.41. The molecule has 3 aromatic carbocycles. The summed E-state index contributed by atoms with van der Waals surface area (Å²) in [6, 6.07) is 23.6. The molecule has 0 unspecified atom stereocenters. The monoisotopic (exact) mass is 593 g/mol. The fourth-order valence-corrected chi connectivity index (χ4v) is 5.76. The third-order valence-corrected chi connectivity index (χ3v) is 8.39. The van der Waals surface area contributed by atoms with Gasteiger partial charge in [0.2, 0.25) is 21.8 Å². The smallest absolute Gasteiger partial charge is 0.243 e. The van der Waals surface area contributed by atoms with Crippen molar-refractivity contribution in [3.8, 4) is 5.75 Å². The van der Waals surface area contributed by atoms with Gasteiger partial charge in [-0.25, -0.2) is 8.42 Å². The number of benzene rings is 3. The molecule has 0 bridgehead atoms. The molecule has 3 rings (SSSR count). The van der Waals surface area contributed by atoms with E-state index in [1.165, 1.54) is 11.4 Å². The van der Waals surface area contributed by atoms with Crippen LogP contribution in [0.3, 0.4) is 0 Å². The van der Waals surface area contributed by atoms with Crippen LogP contribution < -0.4 is 14.4 Å². The topological polar surface area (TPSA) is 96.0 Å². The van der Waals surface area contributed by atoms with Gasteiger partial charge in [0, 0.05) is 38.5 Å². The van der Waals surface area contributed by atoms with Crippen LogP contribution in [0.4, 0.5) is 5.69 Å². The maximum atomic E-state index is 14.0. The molecule has 226 valence electrons. The fraction of sp³-hybridized carbons (Fsp3) is 0.394. The highest BCUT2D eigenvalue weighted by Gasteiger charge is 2.30. The maximum Gasteiger partial charge on any atom is 0.243 e. The quantitative estimate of drug-likeness (QED) is 0.233. The van der Waals surface area contributed by atoms with E-state index in [9.17, 15) is 18.0 Å². The molecule has 9 heteroatoms. The van der Waals surface area contributed by atoms with Crippen molar-refractivity contribution < 1.29 is 22.7 Å². The number of amides is 2. The standard InChI is InChI=1S/C33H43N3O5S/c1-5-6-21-34-33(38)31(23-27-15-8-7-9-16-27)35(25-28-17-11-10-14-26(28)2)32(37)20-13-22-36(42(4,39)40)29-18-12-19-30(24-29)41-3/h7-12,14-19,24,31H,5-6,13,20-23,25H2,1-4H3,(H,34,38)/t31-/m1/s1. The minimum Gasteiger partial charge on any atom is -0.497 e. The van der Waals surface area contributed by atoms with E-state index in [0.717, 1.165) is 35.8 Å². The number of sulfonamides is 1. The molecule has 0 fully saturated rings. The molecule has 3 aromatic rings. The predicted molar refractivity (Wildman–Crippen MR) is 168 cm³/mol. The molecule has 0 aliphatic rings. The Kier molecular flexibility index (Phi) is 12.4. The lowest BCUT2D eigenvalue weighted by atomic mass is 10.0. The van der Waals surface area contributed by atoms with E-state index in [1.54, 1.807) is 29.2 Å². The minimum atomic E-state index is -3.61. The summed E-state index contributed by atoms with van der Waals surface area (Å²) in [5.74, 6) is 0.145. The second-order valence-electron chi connectivity index (χ2n) is 10.4. The third kappa shape index (κ3) is 9.62. The number of methoxy groups -OCH3 is 1. The second kappa shape index (κ2) is 16.0. The number of nitrogens with zero attached hydrogens (tertiary/aromatic N) is 2.